The summed E-state index contributed by atoms with van der Waals surface area (Å²) in [6, 6.07) is 5.79. The first-order valence-electron chi connectivity index (χ1n) is 6.54. The molecule has 1 aromatic rings. The number of aliphatic hydroxyl groups is 2. The summed E-state index contributed by atoms with van der Waals surface area (Å²) in [6.07, 6.45) is 0.876. The van der Waals surface area contributed by atoms with Gasteiger partial charge in [-0.1, -0.05) is 12.1 Å². The highest BCUT2D eigenvalue weighted by Crippen LogP contribution is 2.33. The molecule has 1 heterocycles. The number of ether oxygens (including phenoxy) is 2. The van der Waals surface area contributed by atoms with Crippen molar-refractivity contribution in [1.82, 2.24) is 5.32 Å². The van der Waals surface area contributed by atoms with Gasteiger partial charge in [-0.25, -0.2) is 0 Å². The Morgan fingerprint density at radius 2 is 2.11 bits per heavy atom. The maximum absolute atomic E-state index is 9.72. The number of rotatable bonds is 5. The van der Waals surface area contributed by atoms with Crippen LogP contribution in [0.15, 0.2) is 18.2 Å². The summed E-state index contributed by atoms with van der Waals surface area (Å²) in [7, 11) is 0. The van der Waals surface area contributed by atoms with Gasteiger partial charge in [-0.3, -0.25) is 0 Å². The van der Waals surface area contributed by atoms with Crippen LogP contribution >= 0.6 is 0 Å². The monoisotopic (exact) mass is 267 g/mol. The molecule has 0 radical (unpaired) electrons. The molecule has 0 spiro atoms. The Kier molecular flexibility index (Phi) is 4.63. The van der Waals surface area contributed by atoms with E-state index >= 15 is 0 Å². The van der Waals surface area contributed by atoms with Crippen LogP contribution in [0.3, 0.4) is 0 Å². The van der Waals surface area contributed by atoms with Crippen LogP contribution in [0.4, 0.5) is 0 Å². The topological polar surface area (TPSA) is 71.0 Å². The lowest BCUT2D eigenvalue weighted by Crippen LogP contribution is -2.40. The molecular weight excluding hydrogens is 246 g/mol. The summed E-state index contributed by atoms with van der Waals surface area (Å²) in [5, 5.41) is 21.8. The van der Waals surface area contributed by atoms with Crippen LogP contribution in [0.25, 0.3) is 0 Å². The minimum absolute atomic E-state index is 0.271. The molecule has 1 aliphatic heterocycles. The summed E-state index contributed by atoms with van der Waals surface area (Å²) in [4.78, 5) is 0. The molecule has 19 heavy (non-hydrogen) atoms. The second-order valence-corrected chi connectivity index (χ2v) is 5.05. The zero-order valence-electron chi connectivity index (χ0n) is 11.2. The molecule has 2 rings (SSSR count). The van der Waals surface area contributed by atoms with Gasteiger partial charge in [0, 0.05) is 25.1 Å². The average molecular weight is 267 g/mol. The standard InChI is InChI=1S/C14H21NO4/c1-14(17,10-16)9-15-8-11-4-2-5-12-13(11)19-7-3-6-18-12/h2,4-5,15-17H,3,6-10H2,1H3. The fraction of sp³-hybridized carbons (Fsp3) is 0.571. The molecule has 1 atom stereocenters. The molecule has 5 nitrogen and oxygen atoms in total. The zero-order valence-corrected chi connectivity index (χ0v) is 11.2. The summed E-state index contributed by atoms with van der Waals surface area (Å²) >= 11 is 0. The third-order valence-corrected chi connectivity index (χ3v) is 3.02. The molecule has 1 aromatic carbocycles. The van der Waals surface area contributed by atoms with E-state index in [9.17, 15) is 5.11 Å². The van der Waals surface area contributed by atoms with Crippen molar-refractivity contribution in [3.8, 4) is 11.5 Å². The van der Waals surface area contributed by atoms with Gasteiger partial charge < -0.3 is 25.0 Å². The van der Waals surface area contributed by atoms with E-state index in [2.05, 4.69) is 5.32 Å². The highest BCUT2D eigenvalue weighted by Gasteiger charge is 2.19. The second kappa shape index (κ2) is 6.23. The second-order valence-electron chi connectivity index (χ2n) is 5.05. The molecule has 0 bridgehead atoms. The number of hydrogen-bond acceptors (Lipinski definition) is 5. The predicted octanol–water partition coefficient (Wildman–Crippen LogP) is 0.681. The molecule has 3 N–H and O–H groups in total. The normalized spacial score (nSPS) is 17.6. The van der Waals surface area contributed by atoms with Crippen LogP contribution < -0.4 is 14.8 Å². The van der Waals surface area contributed by atoms with Crippen molar-refractivity contribution in [3.63, 3.8) is 0 Å². The predicted molar refractivity (Wildman–Crippen MR) is 71.5 cm³/mol. The Morgan fingerprint density at radius 1 is 1.32 bits per heavy atom. The van der Waals surface area contributed by atoms with Crippen molar-refractivity contribution in [1.29, 1.82) is 0 Å². The number of hydrogen-bond donors (Lipinski definition) is 3. The zero-order chi connectivity index (χ0) is 13.7. The first-order valence-corrected chi connectivity index (χ1v) is 6.54. The van der Waals surface area contributed by atoms with Crippen molar-refractivity contribution in [2.24, 2.45) is 0 Å². The number of nitrogens with one attached hydrogen (secondary N) is 1. The molecule has 1 aliphatic rings. The van der Waals surface area contributed by atoms with Crippen molar-refractivity contribution in [3.05, 3.63) is 23.8 Å². The maximum Gasteiger partial charge on any atom is 0.165 e. The van der Waals surface area contributed by atoms with E-state index in [1.165, 1.54) is 0 Å². The number of aliphatic hydroxyl groups excluding tert-OH is 1. The third kappa shape index (κ3) is 3.83. The van der Waals surface area contributed by atoms with Crippen molar-refractivity contribution in [2.75, 3.05) is 26.4 Å². The van der Waals surface area contributed by atoms with Crippen molar-refractivity contribution in [2.45, 2.75) is 25.5 Å². The molecule has 0 saturated carbocycles. The molecule has 0 amide bonds. The van der Waals surface area contributed by atoms with E-state index in [4.69, 9.17) is 14.6 Å². The first kappa shape index (κ1) is 14.1. The minimum atomic E-state index is -1.11. The minimum Gasteiger partial charge on any atom is -0.490 e. The van der Waals surface area contributed by atoms with Crippen LogP contribution in [0.1, 0.15) is 18.9 Å². The molecule has 0 aromatic heterocycles. The van der Waals surface area contributed by atoms with Crippen LogP contribution in [0.2, 0.25) is 0 Å². The molecule has 5 heteroatoms. The van der Waals surface area contributed by atoms with Gasteiger partial charge in [0.15, 0.2) is 11.5 Å². The lowest BCUT2D eigenvalue weighted by Gasteiger charge is -2.21. The Morgan fingerprint density at radius 3 is 2.89 bits per heavy atom. The molecular formula is C14H21NO4. The van der Waals surface area contributed by atoms with E-state index in [1.54, 1.807) is 6.92 Å². The van der Waals surface area contributed by atoms with Gasteiger partial charge in [0.05, 0.1) is 25.4 Å². The van der Waals surface area contributed by atoms with E-state index in [1.807, 2.05) is 18.2 Å². The number of para-hydroxylation sites is 1. The van der Waals surface area contributed by atoms with Gasteiger partial charge in [-0.15, -0.1) is 0 Å². The summed E-state index contributed by atoms with van der Waals surface area (Å²) in [5.74, 6) is 1.54. The summed E-state index contributed by atoms with van der Waals surface area (Å²) in [6.45, 7) is 3.51. The fourth-order valence-electron chi connectivity index (χ4n) is 1.92. The molecule has 106 valence electrons. The lowest BCUT2D eigenvalue weighted by molar-refractivity contribution is 0.00250. The van der Waals surface area contributed by atoms with Crippen molar-refractivity contribution < 1.29 is 19.7 Å². The lowest BCUT2D eigenvalue weighted by atomic mass is 10.1. The highest BCUT2D eigenvalue weighted by atomic mass is 16.5. The van der Waals surface area contributed by atoms with Gasteiger partial charge in [0.25, 0.3) is 0 Å². The molecule has 0 fully saturated rings. The Bertz CT molecular complexity index is 420. The van der Waals surface area contributed by atoms with Crippen LogP contribution in [-0.4, -0.2) is 42.2 Å². The Labute approximate surface area is 113 Å². The van der Waals surface area contributed by atoms with E-state index in [0.717, 1.165) is 23.5 Å². The van der Waals surface area contributed by atoms with Crippen molar-refractivity contribution >= 4 is 0 Å². The maximum atomic E-state index is 9.72. The number of benzene rings is 1. The van der Waals surface area contributed by atoms with Gasteiger partial charge in [-0.05, 0) is 13.0 Å². The van der Waals surface area contributed by atoms with Gasteiger partial charge >= 0.3 is 0 Å². The van der Waals surface area contributed by atoms with Crippen LogP contribution in [0.5, 0.6) is 11.5 Å². The average Bonchev–Trinajstić information content (AvgIpc) is 2.64. The Balaban J connectivity index is 2.01. The molecule has 1 unspecified atom stereocenters. The summed E-state index contributed by atoms with van der Waals surface area (Å²) in [5.41, 5.74) is -0.114. The quantitative estimate of drug-likeness (QED) is 0.732. The van der Waals surface area contributed by atoms with E-state index < -0.39 is 5.60 Å². The van der Waals surface area contributed by atoms with E-state index in [0.29, 0.717) is 26.3 Å². The van der Waals surface area contributed by atoms with Gasteiger partial charge in [-0.2, -0.15) is 0 Å². The SMILES string of the molecule is CC(O)(CO)CNCc1cccc2c1OCCCO2. The smallest absolute Gasteiger partial charge is 0.165 e. The highest BCUT2D eigenvalue weighted by molar-refractivity contribution is 5.47. The summed E-state index contributed by atoms with van der Waals surface area (Å²) < 4.78 is 11.3. The largest absolute Gasteiger partial charge is 0.490 e. The van der Waals surface area contributed by atoms with Gasteiger partial charge in [0.1, 0.15) is 0 Å². The number of fused-ring (bicyclic) bond motifs is 1. The van der Waals surface area contributed by atoms with Gasteiger partial charge in [0.2, 0.25) is 0 Å². The molecule has 0 aliphatic carbocycles. The van der Waals surface area contributed by atoms with Crippen LogP contribution in [0, 0.1) is 0 Å². The molecule has 0 saturated heterocycles. The van der Waals surface area contributed by atoms with E-state index in [-0.39, 0.29) is 6.61 Å². The fourth-order valence-corrected chi connectivity index (χ4v) is 1.92. The first-order chi connectivity index (χ1) is 9.12. The Hall–Kier alpha value is -1.30. The van der Waals surface area contributed by atoms with Crippen LogP contribution in [-0.2, 0) is 6.54 Å². The third-order valence-electron chi connectivity index (χ3n) is 3.02.